The second-order valence-corrected chi connectivity index (χ2v) is 11.6. The molecule has 1 aliphatic heterocycles. The lowest BCUT2D eigenvalue weighted by atomic mass is 9.74. The molecule has 0 atom stereocenters. The van der Waals surface area contributed by atoms with Crippen molar-refractivity contribution < 1.29 is 0 Å². The molecule has 0 bridgehead atoms. The molecule has 2 nitrogen and oxygen atoms in total. The van der Waals surface area contributed by atoms with Gasteiger partial charge in [0.2, 0.25) is 0 Å². The molecule has 0 unspecified atom stereocenters. The Hall–Kier alpha value is -4.69. The van der Waals surface area contributed by atoms with Crippen LogP contribution in [0, 0.1) is 0 Å². The molecule has 2 heteroatoms. The Morgan fingerprint density at radius 2 is 1.50 bits per heavy atom. The average Bonchev–Trinajstić information content (AvgIpc) is 3.35. The van der Waals surface area contributed by atoms with Gasteiger partial charge in [-0.15, -0.1) is 0 Å². The Kier molecular flexibility index (Phi) is 5.03. The molecule has 0 fully saturated rings. The minimum absolute atomic E-state index is 0.142. The van der Waals surface area contributed by atoms with E-state index < -0.39 is 0 Å². The van der Waals surface area contributed by atoms with Crippen LogP contribution in [0.4, 0.5) is 0 Å². The van der Waals surface area contributed by atoms with Gasteiger partial charge in [-0.1, -0.05) is 86.7 Å². The molecule has 40 heavy (non-hydrogen) atoms. The van der Waals surface area contributed by atoms with Gasteiger partial charge in [0.25, 0.3) is 0 Å². The third kappa shape index (κ3) is 3.39. The third-order valence-electron chi connectivity index (χ3n) is 8.87. The first-order valence-corrected chi connectivity index (χ1v) is 14.2. The van der Waals surface area contributed by atoms with Crippen molar-refractivity contribution in [3.05, 3.63) is 138 Å². The lowest BCUT2D eigenvalue weighted by Crippen LogP contribution is -2.26. The minimum atomic E-state index is -0.142. The van der Waals surface area contributed by atoms with Crippen LogP contribution in [-0.2, 0) is 5.41 Å². The van der Waals surface area contributed by atoms with Gasteiger partial charge in [-0.2, -0.15) is 0 Å². The molecule has 0 radical (unpaired) electrons. The summed E-state index contributed by atoms with van der Waals surface area (Å²) >= 11 is 0. The molecule has 6 aromatic rings. The smallest absolute Gasteiger partial charge is 0.0582 e. The van der Waals surface area contributed by atoms with Crippen LogP contribution in [0.5, 0.6) is 0 Å². The van der Waals surface area contributed by atoms with E-state index in [0.29, 0.717) is 0 Å². The van der Waals surface area contributed by atoms with Gasteiger partial charge < -0.3 is 4.57 Å². The number of rotatable bonds is 3. The second-order valence-electron chi connectivity index (χ2n) is 11.6. The van der Waals surface area contributed by atoms with Gasteiger partial charge in [0.05, 0.1) is 16.7 Å². The summed E-state index contributed by atoms with van der Waals surface area (Å²) in [4.78, 5) is 4.46. The molecule has 2 aromatic heterocycles. The average molecular weight is 515 g/mol. The molecule has 192 valence electrons. The minimum Gasteiger partial charge on any atom is -0.309 e. The van der Waals surface area contributed by atoms with Crippen molar-refractivity contribution in [1.29, 1.82) is 0 Å². The zero-order valence-electron chi connectivity index (χ0n) is 22.9. The molecular weight excluding hydrogens is 484 g/mol. The maximum Gasteiger partial charge on any atom is 0.0582 e. The van der Waals surface area contributed by atoms with Crippen LogP contribution in [0.3, 0.4) is 0 Å². The number of pyridine rings is 1. The van der Waals surface area contributed by atoms with E-state index in [-0.39, 0.29) is 5.41 Å². The van der Waals surface area contributed by atoms with Crippen LogP contribution < -0.4 is 0 Å². The van der Waals surface area contributed by atoms with Gasteiger partial charge in [-0.3, -0.25) is 4.98 Å². The van der Waals surface area contributed by atoms with E-state index >= 15 is 0 Å². The normalized spacial score (nSPS) is 15.3. The summed E-state index contributed by atoms with van der Waals surface area (Å²) in [6.45, 7) is 4.74. The van der Waals surface area contributed by atoms with Gasteiger partial charge in [0.15, 0.2) is 0 Å². The van der Waals surface area contributed by atoms with E-state index in [1.165, 1.54) is 72.0 Å². The standard InChI is InChI=1S/C38H30N2/c1-38(2)33-15-9-14-31-32-24-39-19-18-35(32)40(37(31)33)36-17-16-27(23-34(36)38)30-21-28(25-10-5-3-6-11-25)20-29(22-30)26-12-7-4-8-13-26/h3,5-7,9-24H,4,8H2,1-2H3. The highest BCUT2D eigenvalue weighted by atomic mass is 15.0. The SMILES string of the molecule is CC1(C)c2cc(-c3cc(C4=CCCC=C4)cc(-c4ccccc4)c3)ccc2-n2c3ccncc3c3cccc1c32. The predicted molar refractivity (Wildman–Crippen MR) is 168 cm³/mol. The van der Waals surface area contributed by atoms with Gasteiger partial charge >= 0.3 is 0 Å². The van der Waals surface area contributed by atoms with Crippen molar-refractivity contribution in [3.8, 4) is 27.9 Å². The number of hydrogen-bond acceptors (Lipinski definition) is 1. The summed E-state index contributed by atoms with van der Waals surface area (Å²) in [5.41, 5.74) is 13.9. The number of benzene rings is 4. The first-order chi connectivity index (χ1) is 19.6. The van der Waals surface area contributed by atoms with Gasteiger partial charge in [0, 0.05) is 28.6 Å². The molecule has 0 saturated carbocycles. The van der Waals surface area contributed by atoms with Crippen molar-refractivity contribution in [2.75, 3.05) is 0 Å². The van der Waals surface area contributed by atoms with E-state index in [4.69, 9.17) is 0 Å². The molecule has 4 aromatic carbocycles. The topological polar surface area (TPSA) is 17.8 Å². The van der Waals surface area contributed by atoms with Gasteiger partial charge in [-0.05, 0) is 93.8 Å². The van der Waals surface area contributed by atoms with E-state index in [9.17, 15) is 0 Å². The number of fused-ring (bicyclic) bond motifs is 5. The van der Waals surface area contributed by atoms with Crippen molar-refractivity contribution in [2.24, 2.45) is 0 Å². The van der Waals surface area contributed by atoms with Crippen LogP contribution in [0.2, 0.25) is 0 Å². The fourth-order valence-corrected chi connectivity index (χ4v) is 6.81. The highest BCUT2D eigenvalue weighted by Gasteiger charge is 2.35. The summed E-state index contributed by atoms with van der Waals surface area (Å²) in [7, 11) is 0. The van der Waals surface area contributed by atoms with Crippen molar-refractivity contribution in [3.63, 3.8) is 0 Å². The quantitative estimate of drug-likeness (QED) is 0.230. The fraction of sp³-hybridized carbons (Fsp3) is 0.132. The molecule has 2 aliphatic rings. The number of allylic oxidation sites excluding steroid dienone is 4. The summed E-state index contributed by atoms with van der Waals surface area (Å²) < 4.78 is 2.45. The van der Waals surface area contributed by atoms with E-state index in [0.717, 1.165) is 12.8 Å². The molecular formula is C38H30N2. The Labute approximate surface area is 234 Å². The Morgan fingerprint density at radius 3 is 2.33 bits per heavy atom. The lowest BCUT2D eigenvalue weighted by Gasteiger charge is -2.35. The number of para-hydroxylation sites is 1. The summed E-state index contributed by atoms with van der Waals surface area (Å²) in [5, 5.41) is 2.48. The Morgan fingerprint density at radius 1 is 0.675 bits per heavy atom. The van der Waals surface area contributed by atoms with Gasteiger partial charge in [-0.25, -0.2) is 0 Å². The van der Waals surface area contributed by atoms with Crippen molar-refractivity contribution in [2.45, 2.75) is 32.1 Å². The summed E-state index contributed by atoms with van der Waals surface area (Å²) in [5.74, 6) is 0. The first-order valence-electron chi connectivity index (χ1n) is 14.2. The van der Waals surface area contributed by atoms with Crippen LogP contribution >= 0.6 is 0 Å². The number of aromatic nitrogens is 2. The highest BCUT2D eigenvalue weighted by Crippen LogP contribution is 2.48. The second kappa shape index (κ2) is 8.66. The Balaban J connectivity index is 1.37. The van der Waals surface area contributed by atoms with E-state index in [1.54, 1.807) is 0 Å². The summed E-state index contributed by atoms with van der Waals surface area (Å²) in [6, 6.07) is 33.8. The highest BCUT2D eigenvalue weighted by molar-refractivity contribution is 6.11. The predicted octanol–water partition coefficient (Wildman–Crippen LogP) is 9.89. The molecule has 0 N–H and O–H groups in total. The first kappa shape index (κ1) is 23.2. The van der Waals surface area contributed by atoms with Crippen molar-refractivity contribution in [1.82, 2.24) is 9.55 Å². The van der Waals surface area contributed by atoms with Crippen LogP contribution in [0.25, 0.3) is 55.3 Å². The monoisotopic (exact) mass is 514 g/mol. The van der Waals surface area contributed by atoms with Crippen LogP contribution in [-0.4, -0.2) is 9.55 Å². The zero-order chi connectivity index (χ0) is 26.8. The van der Waals surface area contributed by atoms with E-state index in [2.05, 4.69) is 133 Å². The molecule has 0 amide bonds. The number of nitrogens with zero attached hydrogens (tertiary/aromatic N) is 2. The van der Waals surface area contributed by atoms with Crippen LogP contribution in [0.1, 0.15) is 43.4 Å². The summed E-state index contributed by atoms with van der Waals surface area (Å²) in [6.07, 6.45) is 13.1. The zero-order valence-corrected chi connectivity index (χ0v) is 22.9. The molecule has 0 saturated heterocycles. The fourth-order valence-electron chi connectivity index (χ4n) is 6.81. The molecule has 8 rings (SSSR count). The Bertz CT molecular complexity index is 2020. The van der Waals surface area contributed by atoms with Crippen LogP contribution in [0.15, 0.2) is 122 Å². The largest absolute Gasteiger partial charge is 0.309 e. The maximum atomic E-state index is 4.46. The molecule has 0 spiro atoms. The molecule has 1 aliphatic carbocycles. The van der Waals surface area contributed by atoms with Crippen molar-refractivity contribution >= 4 is 27.4 Å². The maximum absolute atomic E-state index is 4.46. The van der Waals surface area contributed by atoms with Gasteiger partial charge in [0.1, 0.15) is 0 Å². The third-order valence-corrected chi connectivity index (χ3v) is 8.87. The number of hydrogen-bond donors (Lipinski definition) is 0. The lowest BCUT2D eigenvalue weighted by molar-refractivity contribution is 0.630. The van der Waals surface area contributed by atoms with E-state index in [1.807, 2.05) is 12.4 Å². The molecule has 3 heterocycles.